The fourth-order valence-electron chi connectivity index (χ4n) is 4.36. The lowest BCUT2D eigenvalue weighted by molar-refractivity contribution is -0.140. The van der Waals surface area contributed by atoms with Gasteiger partial charge in [-0.2, -0.15) is 0 Å². The third-order valence-electron chi connectivity index (χ3n) is 6.51. The van der Waals surface area contributed by atoms with Crippen LogP contribution in [0.2, 0.25) is 5.02 Å². The predicted molar refractivity (Wildman–Crippen MR) is 157 cm³/mol. The van der Waals surface area contributed by atoms with E-state index < -0.39 is 40.2 Å². The molecule has 40 heavy (non-hydrogen) atoms. The maximum atomic E-state index is 14.8. The van der Waals surface area contributed by atoms with Crippen LogP contribution in [0.1, 0.15) is 36.5 Å². The molecule has 0 aliphatic carbocycles. The van der Waals surface area contributed by atoms with Gasteiger partial charge in [-0.25, -0.2) is 12.8 Å². The van der Waals surface area contributed by atoms with E-state index in [9.17, 15) is 22.4 Å². The minimum Gasteiger partial charge on any atom is -0.354 e. The average Bonchev–Trinajstić information content (AvgIpc) is 2.90. The summed E-state index contributed by atoms with van der Waals surface area (Å²) in [6.45, 7) is 3.31. The maximum absolute atomic E-state index is 14.8. The van der Waals surface area contributed by atoms with Gasteiger partial charge in [0.1, 0.15) is 18.4 Å². The van der Waals surface area contributed by atoms with Gasteiger partial charge in [0.15, 0.2) is 0 Å². The van der Waals surface area contributed by atoms with Crippen LogP contribution in [-0.4, -0.2) is 50.5 Å². The van der Waals surface area contributed by atoms with E-state index in [0.29, 0.717) is 17.1 Å². The molecule has 0 saturated carbocycles. The summed E-state index contributed by atoms with van der Waals surface area (Å²) in [5.41, 5.74) is 1.87. The van der Waals surface area contributed by atoms with E-state index in [0.717, 1.165) is 29.0 Å². The van der Waals surface area contributed by atoms with Crippen LogP contribution < -0.4 is 9.62 Å². The van der Waals surface area contributed by atoms with Crippen molar-refractivity contribution in [1.82, 2.24) is 10.2 Å². The third kappa shape index (κ3) is 8.53. The smallest absolute Gasteiger partial charge is 0.244 e. The molecule has 0 radical (unpaired) electrons. The molecule has 0 fully saturated rings. The molecule has 3 rings (SSSR count). The van der Waals surface area contributed by atoms with E-state index in [1.807, 2.05) is 37.3 Å². The first-order valence-electron chi connectivity index (χ1n) is 13.1. The first-order chi connectivity index (χ1) is 19.0. The second-order valence-corrected chi connectivity index (χ2v) is 12.0. The largest absolute Gasteiger partial charge is 0.354 e. The second-order valence-electron chi connectivity index (χ2n) is 9.66. The molecule has 0 aliphatic rings. The Balaban J connectivity index is 2.06. The number of carbonyl (C=O) groups is 2. The highest BCUT2D eigenvalue weighted by atomic mass is 35.5. The Morgan fingerprint density at radius 1 is 1.02 bits per heavy atom. The number of anilines is 1. The van der Waals surface area contributed by atoms with E-state index in [1.54, 1.807) is 37.3 Å². The minimum atomic E-state index is -3.92. The summed E-state index contributed by atoms with van der Waals surface area (Å²) < 4.78 is 41.6. The first-order valence-corrected chi connectivity index (χ1v) is 15.3. The van der Waals surface area contributed by atoms with Crippen molar-refractivity contribution in [2.75, 3.05) is 23.7 Å². The number of rotatable bonds is 13. The Kier molecular flexibility index (Phi) is 11.1. The molecule has 2 amide bonds. The Hall–Kier alpha value is -3.43. The van der Waals surface area contributed by atoms with Crippen molar-refractivity contribution in [3.8, 4) is 0 Å². The molecule has 0 unspecified atom stereocenters. The van der Waals surface area contributed by atoms with Crippen molar-refractivity contribution in [3.63, 3.8) is 0 Å². The number of hydrogen-bond acceptors (Lipinski definition) is 4. The lowest BCUT2D eigenvalue weighted by Crippen LogP contribution is -2.53. The summed E-state index contributed by atoms with van der Waals surface area (Å²) in [5.74, 6) is -1.57. The number of aryl methyl sites for hydroxylation is 1. The predicted octanol–water partition coefficient (Wildman–Crippen LogP) is 5.11. The maximum Gasteiger partial charge on any atom is 0.244 e. The highest BCUT2D eigenvalue weighted by Gasteiger charge is 2.33. The zero-order chi connectivity index (χ0) is 29.3. The molecule has 0 spiro atoms. The number of halogens is 2. The van der Waals surface area contributed by atoms with Crippen LogP contribution in [0, 0.1) is 12.7 Å². The van der Waals surface area contributed by atoms with Gasteiger partial charge in [0.25, 0.3) is 0 Å². The Bertz CT molecular complexity index is 1420. The molecule has 10 heteroatoms. The number of carbonyl (C=O) groups excluding carboxylic acids is 2. The summed E-state index contributed by atoms with van der Waals surface area (Å²) in [6.07, 6.45) is 2.79. The monoisotopic (exact) mass is 587 g/mol. The van der Waals surface area contributed by atoms with Crippen LogP contribution in [0.3, 0.4) is 0 Å². The number of benzene rings is 3. The number of amides is 2. The van der Waals surface area contributed by atoms with Crippen molar-refractivity contribution in [2.45, 2.75) is 45.7 Å². The van der Waals surface area contributed by atoms with Crippen LogP contribution in [0.5, 0.6) is 0 Å². The standard InChI is InChI=1S/C30H35ClFN3O4S/c1-4-5-17-33-30(37)28(19-23-11-7-6-8-12-23)34(20-24-13-9-10-14-26(24)32)29(36)21-35(40(3,38)39)27-16-15-25(31)18-22(27)2/h6-16,18,28H,4-5,17,19-21H2,1-3H3,(H,33,37)/t28-/m1/s1. The van der Waals surface area contributed by atoms with E-state index >= 15 is 0 Å². The SMILES string of the molecule is CCCCNC(=O)[C@@H](Cc1ccccc1)N(Cc1ccccc1F)C(=O)CN(c1ccc(Cl)cc1C)S(C)(=O)=O. The van der Waals surface area contributed by atoms with Crippen LogP contribution >= 0.6 is 11.6 Å². The molecule has 1 N–H and O–H groups in total. The van der Waals surface area contributed by atoms with Gasteiger partial charge in [-0.05, 0) is 48.7 Å². The van der Waals surface area contributed by atoms with Gasteiger partial charge in [-0.3, -0.25) is 13.9 Å². The highest BCUT2D eigenvalue weighted by Crippen LogP contribution is 2.26. The minimum absolute atomic E-state index is 0.165. The molecule has 0 bridgehead atoms. The van der Waals surface area contributed by atoms with E-state index in [1.165, 1.54) is 17.0 Å². The van der Waals surface area contributed by atoms with E-state index in [4.69, 9.17) is 11.6 Å². The van der Waals surface area contributed by atoms with Gasteiger partial charge in [-0.1, -0.05) is 73.5 Å². The zero-order valence-corrected chi connectivity index (χ0v) is 24.5. The van der Waals surface area contributed by atoms with Gasteiger partial charge in [0, 0.05) is 30.1 Å². The van der Waals surface area contributed by atoms with Crippen molar-refractivity contribution in [2.24, 2.45) is 0 Å². The quantitative estimate of drug-likeness (QED) is 0.282. The van der Waals surface area contributed by atoms with Crippen molar-refractivity contribution < 1.29 is 22.4 Å². The fourth-order valence-corrected chi connectivity index (χ4v) is 5.50. The van der Waals surface area contributed by atoms with Crippen molar-refractivity contribution in [3.05, 3.63) is 100 Å². The highest BCUT2D eigenvalue weighted by molar-refractivity contribution is 7.92. The Morgan fingerprint density at radius 2 is 1.70 bits per heavy atom. The molecule has 0 aliphatic heterocycles. The van der Waals surface area contributed by atoms with Gasteiger partial charge in [0.05, 0.1) is 11.9 Å². The zero-order valence-electron chi connectivity index (χ0n) is 22.9. The van der Waals surface area contributed by atoms with E-state index in [2.05, 4.69) is 5.32 Å². The Labute approximate surface area is 241 Å². The topological polar surface area (TPSA) is 86.8 Å². The summed E-state index contributed by atoms with van der Waals surface area (Å²) in [4.78, 5) is 28.8. The summed E-state index contributed by atoms with van der Waals surface area (Å²) in [6, 6.07) is 18.9. The van der Waals surface area contributed by atoms with Crippen molar-refractivity contribution in [1.29, 1.82) is 0 Å². The van der Waals surface area contributed by atoms with Crippen LogP contribution in [0.25, 0.3) is 0 Å². The molecule has 3 aromatic rings. The summed E-state index contributed by atoms with van der Waals surface area (Å²) >= 11 is 6.08. The second kappa shape index (κ2) is 14.3. The number of nitrogens with one attached hydrogen (secondary N) is 1. The first kappa shape index (κ1) is 31.1. The third-order valence-corrected chi connectivity index (χ3v) is 7.87. The number of hydrogen-bond donors (Lipinski definition) is 1. The van der Waals surface area contributed by atoms with E-state index in [-0.39, 0.29) is 24.2 Å². The molecule has 0 saturated heterocycles. The average molecular weight is 588 g/mol. The molecule has 7 nitrogen and oxygen atoms in total. The van der Waals surface area contributed by atoms with Crippen LogP contribution in [-0.2, 0) is 32.6 Å². The summed E-state index contributed by atoms with van der Waals surface area (Å²) in [7, 11) is -3.92. The number of sulfonamides is 1. The molecule has 3 aromatic carbocycles. The van der Waals surface area contributed by atoms with Crippen LogP contribution in [0.15, 0.2) is 72.8 Å². The molecule has 0 aromatic heterocycles. The lowest BCUT2D eigenvalue weighted by Gasteiger charge is -2.34. The molecule has 0 heterocycles. The molecular formula is C30H35ClFN3O4S. The van der Waals surface area contributed by atoms with Crippen LogP contribution in [0.4, 0.5) is 10.1 Å². The molecular weight excluding hydrogens is 553 g/mol. The molecule has 214 valence electrons. The van der Waals surface area contributed by atoms with Crippen molar-refractivity contribution >= 4 is 39.1 Å². The number of unbranched alkanes of at least 4 members (excludes halogenated alkanes) is 1. The van der Waals surface area contributed by atoms with Gasteiger partial charge >= 0.3 is 0 Å². The van der Waals surface area contributed by atoms with Gasteiger partial charge < -0.3 is 10.2 Å². The normalized spacial score (nSPS) is 12.0. The Morgan fingerprint density at radius 3 is 2.33 bits per heavy atom. The summed E-state index contributed by atoms with van der Waals surface area (Å²) in [5, 5.41) is 3.32. The number of nitrogens with zero attached hydrogens (tertiary/aromatic N) is 2. The van der Waals surface area contributed by atoms with Gasteiger partial charge in [0.2, 0.25) is 21.8 Å². The molecule has 1 atom stereocenters. The fraction of sp³-hybridized carbons (Fsp3) is 0.333. The van der Waals surface area contributed by atoms with Gasteiger partial charge in [-0.15, -0.1) is 0 Å². The lowest BCUT2D eigenvalue weighted by atomic mass is 10.0.